The molecule has 0 bridgehead atoms. The summed E-state index contributed by atoms with van der Waals surface area (Å²) in [5.74, 6) is -3.26. The maximum Gasteiger partial charge on any atom is 0.471 e. The van der Waals surface area contributed by atoms with Crippen LogP contribution in [-0.2, 0) is 23.1 Å². The van der Waals surface area contributed by atoms with Gasteiger partial charge in [-0.05, 0) is 6.92 Å². The minimum atomic E-state index is -5.14. The zero-order valence-electron chi connectivity index (χ0n) is 10.0. The van der Waals surface area contributed by atoms with Crippen LogP contribution in [0.1, 0.15) is 11.6 Å². The summed E-state index contributed by atoms with van der Waals surface area (Å²) in [5.41, 5.74) is 0. The number of alkyl halides is 3. The van der Waals surface area contributed by atoms with E-state index < -0.39 is 30.5 Å². The lowest BCUT2D eigenvalue weighted by molar-refractivity contribution is -0.175. The van der Waals surface area contributed by atoms with Crippen LogP contribution in [0.2, 0.25) is 0 Å². The first-order chi connectivity index (χ1) is 8.62. The van der Waals surface area contributed by atoms with Gasteiger partial charge in [-0.3, -0.25) is 4.79 Å². The standard InChI is InChI=1S/C9H11F3N4O3/c1-4-14-15-6(16(4)2)3-5(7(17)18)13-8(19)9(10,11)12/h5H,3H2,1-2H3,(H,13,19)(H,17,18). The van der Waals surface area contributed by atoms with E-state index in [-0.39, 0.29) is 5.82 Å². The third-order valence-electron chi connectivity index (χ3n) is 2.43. The highest BCUT2D eigenvalue weighted by molar-refractivity contribution is 5.87. The van der Waals surface area contributed by atoms with Gasteiger partial charge in [0.2, 0.25) is 0 Å². The molecule has 0 spiro atoms. The number of nitrogens with one attached hydrogen (secondary N) is 1. The molecule has 1 atom stereocenters. The van der Waals surface area contributed by atoms with Crippen molar-refractivity contribution >= 4 is 11.9 Å². The number of amides is 1. The Kier molecular flexibility index (Phi) is 4.12. The van der Waals surface area contributed by atoms with Crippen molar-refractivity contribution in [3.05, 3.63) is 11.6 Å². The average molecular weight is 280 g/mol. The molecule has 0 saturated heterocycles. The smallest absolute Gasteiger partial charge is 0.471 e. The number of halogens is 3. The topological polar surface area (TPSA) is 97.1 Å². The molecule has 0 radical (unpaired) electrons. The van der Waals surface area contributed by atoms with Crippen molar-refractivity contribution in [2.75, 3.05) is 0 Å². The molecule has 1 amide bonds. The molecular formula is C9H11F3N4O3. The van der Waals surface area contributed by atoms with Crippen molar-refractivity contribution < 1.29 is 27.9 Å². The van der Waals surface area contributed by atoms with Crippen LogP contribution in [0.25, 0.3) is 0 Å². The molecule has 2 N–H and O–H groups in total. The number of carboxylic acids is 1. The number of nitrogens with zero attached hydrogens (tertiary/aromatic N) is 3. The summed E-state index contributed by atoms with van der Waals surface area (Å²) in [6, 6.07) is -1.73. The Morgan fingerprint density at radius 3 is 2.37 bits per heavy atom. The highest BCUT2D eigenvalue weighted by Crippen LogP contribution is 2.15. The molecule has 0 fully saturated rings. The first-order valence-electron chi connectivity index (χ1n) is 5.08. The normalized spacial score (nSPS) is 13.1. The highest BCUT2D eigenvalue weighted by atomic mass is 19.4. The maximum absolute atomic E-state index is 12.1. The minimum absolute atomic E-state index is 0.160. The number of carboxylic acid groups (broad SMARTS) is 1. The van der Waals surface area contributed by atoms with E-state index in [0.29, 0.717) is 5.82 Å². The van der Waals surface area contributed by atoms with Crippen molar-refractivity contribution in [3.63, 3.8) is 0 Å². The molecule has 7 nitrogen and oxygen atoms in total. The third-order valence-corrected chi connectivity index (χ3v) is 2.43. The van der Waals surface area contributed by atoms with Crippen LogP contribution >= 0.6 is 0 Å². The predicted octanol–water partition coefficient (Wildman–Crippen LogP) is -0.202. The highest BCUT2D eigenvalue weighted by Gasteiger charge is 2.41. The quantitative estimate of drug-likeness (QED) is 0.796. The minimum Gasteiger partial charge on any atom is -0.480 e. The van der Waals surface area contributed by atoms with Crippen LogP contribution in [0.15, 0.2) is 0 Å². The SMILES string of the molecule is Cc1nnc(CC(NC(=O)C(F)(F)F)C(=O)O)n1C. The monoisotopic (exact) mass is 280 g/mol. The Hall–Kier alpha value is -2.13. The van der Waals surface area contributed by atoms with Gasteiger partial charge in [0.25, 0.3) is 0 Å². The molecule has 0 aliphatic carbocycles. The number of rotatable bonds is 4. The lowest BCUT2D eigenvalue weighted by Gasteiger charge is -2.15. The Morgan fingerprint density at radius 2 is 2.00 bits per heavy atom. The largest absolute Gasteiger partial charge is 0.480 e. The van der Waals surface area contributed by atoms with Gasteiger partial charge in [0.15, 0.2) is 0 Å². The van der Waals surface area contributed by atoms with Gasteiger partial charge in [-0.25, -0.2) is 4.79 Å². The molecule has 1 unspecified atom stereocenters. The van der Waals surface area contributed by atoms with Gasteiger partial charge in [0.05, 0.1) is 0 Å². The summed E-state index contributed by atoms with van der Waals surface area (Å²) in [6.07, 6.45) is -5.53. The van der Waals surface area contributed by atoms with E-state index in [1.807, 2.05) is 0 Å². The Labute approximate surface area is 105 Å². The van der Waals surface area contributed by atoms with E-state index in [9.17, 15) is 22.8 Å². The number of hydrogen-bond acceptors (Lipinski definition) is 4. The van der Waals surface area contributed by atoms with E-state index in [4.69, 9.17) is 5.11 Å². The van der Waals surface area contributed by atoms with Crippen LogP contribution in [-0.4, -0.2) is 44.0 Å². The number of aromatic nitrogens is 3. The zero-order valence-corrected chi connectivity index (χ0v) is 10.0. The Balaban J connectivity index is 2.83. The van der Waals surface area contributed by atoms with Crippen LogP contribution in [0.4, 0.5) is 13.2 Å². The molecular weight excluding hydrogens is 269 g/mol. The van der Waals surface area contributed by atoms with Crippen molar-refractivity contribution in [1.29, 1.82) is 0 Å². The van der Waals surface area contributed by atoms with E-state index in [1.54, 1.807) is 6.92 Å². The third kappa shape index (κ3) is 3.66. The van der Waals surface area contributed by atoms with Crippen LogP contribution in [0, 0.1) is 6.92 Å². The van der Waals surface area contributed by atoms with Gasteiger partial charge in [0.1, 0.15) is 17.7 Å². The molecule has 106 valence electrons. The molecule has 1 aromatic rings. The second kappa shape index (κ2) is 5.24. The van der Waals surface area contributed by atoms with E-state index in [2.05, 4.69) is 10.2 Å². The second-order valence-corrected chi connectivity index (χ2v) is 3.79. The summed E-state index contributed by atoms with van der Waals surface area (Å²) in [6.45, 7) is 1.60. The first kappa shape index (κ1) is 14.9. The number of aliphatic carboxylic acids is 1. The van der Waals surface area contributed by atoms with Crippen molar-refractivity contribution in [2.24, 2.45) is 7.05 Å². The fourth-order valence-electron chi connectivity index (χ4n) is 1.25. The summed E-state index contributed by atoms with van der Waals surface area (Å²) in [7, 11) is 1.54. The summed E-state index contributed by atoms with van der Waals surface area (Å²) in [4.78, 5) is 21.6. The average Bonchev–Trinajstić information content (AvgIpc) is 2.58. The Bertz CT molecular complexity index is 497. The van der Waals surface area contributed by atoms with E-state index in [1.165, 1.54) is 16.9 Å². The molecule has 0 aromatic carbocycles. The van der Waals surface area contributed by atoms with Crippen molar-refractivity contribution in [2.45, 2.75) is 25.6 Å². The first-order valence-corrected chi connectivity index (χ1v) is 5.08. The second-order valence-electron chi connectivity index (χ2n) is 3.79. The molecule has 0 aliphatic rings. The summed E-state index contributed by atoms with van der Waals surface area (Å²) in [5, 5.41) is 17.5. The van der Waals surface area contributed by atoms with Crippen LogP contribution < -0.4 is 5.32 Å². The lowest BCUT2D eigenvalue weighted by Crippen LogP contribution is -2.48. The number of aryl methyl sites for hydroxylation is 1. The number of hydrogen-bond donors (Lipinski definition) is 2. The van der Waals surface area contributed by atoms with Gasteiger partial charge >= 0.3 is 18.1 Å². The van der Waals surface area contributed by atoms with Gasteiger partial charge in [-0.1, -0.05) is 0 Å². The molecule has 19 heavy (non-hydrogen) atoms. The predicted molar refractivity (Wildman–Crippen MR) is 55.1 cm³/mol. The molecule has 1 heterocycles. The molecule has 10 heteroatoms. The van der Waals surface area contributed by atoms with Gasteiger partial charge in [0, 0.05) is 13.5 Å². The van der Waals surface area contributed by atoms with Crippen LogP contribution in [0.5, 0.6) is 0 Å². The lowest BCUT2D eigenvalue weighted by atomic mass is 10.2. The van der Waals surface area contributed by atoms with Gasteiger partial charge in [-0.2, -0.15) is 13.2 Å². The fraction of sp³-hybridized carbons (Fsp3) is 0.556. The van der Waals surface area contributed by atoms with Gasteiger partial charge < -0.3 is 15.0 Å². The van der Waals surface area contributed by atoms with E-state index in [0.717, 1.165) is 0 Å². The number of carbonyl (C=O) groups is 2. The number of carbonyl (C=O) groups excluding carboxylic acids is 1. The Morgan fingerprint density at radius 1 is 1.42 bits per heavy atom. The summed E-state index contributed by atoms with van der Waals surface area (Å²) >= 11 is 0. The van der Waals surface area contributed by atoms with Crippen molar-refractivity contribution in [1.82, 2.24) is 20.1 Å². The van der Waals surface area contributed by atoms with Crippen LogP contribution in [0.3, 0.4) is 0 Å². The molecule has 0 aliphatic heterocycles. The fourth-order valence-corrected chi connectivity index (χ4v) is 1.25. The zero-order chi connectivity index (χ0) is 14.8. The summed E-state index contributed by atoms with van der Waals surface area (Å²) < 4.78 is 37.6. The maximum atomic E-state index is 12.1. The molecule has 0 saturated carbocycles. The molecule has 1 rings (SSSR count). The van der Waals surface area contributed by atoms with Gasteiger partial charge in [-0.15, -0.1) is 10.2 Å². The van der Waals surface area contributed by atoms with E-state index >= 15 is 0 Å². The molecule has 1 aromatic heterocycles. The van der Waals surface area contributed by atoms with Crippen molar-refractivity contribution in [3.8, 4) is 0 Å².